The van der Waals surface area contributed by atoms with Gasteiger partial charge in [-0.05, 0) is 67.8 Å². The van der Waals surface area contributed by atoms with Crippen LogP contribution in [0.5, 0.6) is 5.75 Å². The molecular formula is C16H26BrNO. The summed E-state index contributed by atoms with van der Waals surface area (Å²) < 4.78 is 6.84. The molecule has 0 saturated heterocycles. The van der Waals surface area contributed by atoms with E-state index in [2.05, 4.69) is 50.5 Å². The molecule has 1 aromatic carbocycles. The fourth-order valence-corrected chi connectivity index (χ4v) is 2.82. The van der Waals surface area contributed by atoms with E-state index in [-0.39, 0.29) is 5.41 Å². The Morgan fingerprint density at radius 3 is 2.16 bits per heavy atom. The predicted octanol–water partition coefficient (Wildman–Crippen LogP) is 4.30. The van der Waals surface area contributed by atoms with Gasteiger partial charge in [0.2, 0.25) is 0 Å². The summed E-state index contributed by atoms with van der Waals surface area (Å²) in [7, 11) is 1.76. The Labute approximate surface area is 125 Å². The first-order chi connectivity index (χ1) is 8.75. The van der Waals surface area contributed by atoms with Crippen molar-refractivity contribution in [3.63, 3.8) is 0 Å². The number of halogens is 1. The lowest BCUT2D eigenvalue weighted by Crippen LogP contribution is -2.24. The van der Waals surface area contributed by atoms with Crippen LogP contribution in [0.15, 0.2) is 4.47 Å². The van der Waals surface area contributed by atoms with Crippen molar-refractivity contribution in [3.8, 4) is 5.75 Å². The molecule has 108 valence electrons. The lowest BCUT2D eigenvalue weighted by Gasteiger charge is -2.25. The molecular weight excluding hydrogens is 302 g/mol. The minimum absolute atomic E-state index is 0.169. The Hall–Kier alpha value is -0.540. The molecule has 19 heavy (non-hydrogen) atoms. The van der Waals surface area contributed by atoms with Gasteiger partial charge in [0.15, 0.2) is 0 Å². The van der Waals surface area contributed by atoms with Crippen molar-refractivity contribution in [1.82, 2.24) is 0 Å². The van der Waals surface area contributed by atoms with E-state index in [4.69, 9.17) is 10.5 Å². The number of hydrogen-bond donors (Lipinski definition) is 1. The van der Waals surface area contributed by atoms with Gasteiger partial charge in [0.1, 0.15) is 5.75 Å². The molecule has 2 nitrogen and oxygen atoms in total. The first-order valence-corrected chi connectivity index (χ1v) is 7.56. The van der Waals surface area contributed by atoms with Crippen molar-refractivity contribution >= 4 is 15.9 Å². The molecule has 1 aromatic rings. The van der Waals surface area contributed by atoms with Crippen molar-refractivity contribution < 1.29 is 4.74 Å². The molecule has 0 saturated carbocycles. The molecule has 0 aliphatic rings. The molecule has 0 aliphatic carbocycles. The van der Waals surface area contributed by atoms with E-state index >= 15 is 0 Å². The van der Waals surface area contributed by atoms with Gasteiger partial charge in [0, 0.05) is 4.47 Å². The monoisotopic (exact) mass is 327 g/mol. The quantitative estimate of drug-likeness (QED) is 0.874. The van der Waals surface area contributed by atoms with Crippen molar-refractivity contribution in [2.24, 2.45) is 11.1 Å². The first-order valence-electron chi connectivity index (χ1n) is 6.77. The molecule has 0 heterocycles. The molecule has 0 spiro atoms. The molecule has 2 N–H and O–H groups in total. The predicted molar refractivity (Wildman–Crippen MR) is 86.1 cm³/mol. The van der Waals surface area contributed by atoms with Crippen LogP contribution in [-0.2, 0) is 6.42 Å². The summed E-state index contributed by atoms with van der Waals surface area (Å²) in [5, 5.41) is 0. The topological polar surface area (TPSA) is 35.2 Å². The Bertz CT molecular complexity index is 467. The van der Waals surface area contributed by atoms with Gasteiger partial charge in [0.05, 0.1) is 7.11 Å². The number of hydrogen-bond acceptors (Lipinski definition) is 2. The van der Waals surface area contributed by atoms with Crippen molar-refractivity contribution in [2.45, 2.75) is 47.5 Å². The van der Waals surface area contributed by atoms with Crippen molar-refractivity contribution in [3.05, 3.63) is 26.7 Å². The molecule has 0 aliphatic heterocycles. The van der Waals surface area contributed by atoms with Crippen LogP contribution in [0.1, 0.15) is 42.5 Å². The van der Waals surface area contributed by atoms with Crippen LogP contribution in [0.25, 0.3) is 0 Å². The second-order valence-corrected chi connectivity index (χ2v) is 6.86. The summed E-state index contributed by atoms with van der Waals surface area (Å²) in [4.78, 5) is 0. The van der Waals surface area contributed by atoms with Gasteiger partial charge in [-0.2, -0.15) is 0 Å². The molecule has 0 aromatic heterocycles. The maximum absolute atomic E-state index is 5.82. The number of methoxy groups -OCH3 is 1. The minimum atomic E-state index is 0.169. The Kier molecular flexibility index (Phi) is 5.45. The zero-order chi connectivity index (χ0) is 14.8. The largest absolute Gasteiger partial charge is 0.496 e. The fraction of sp³-hybridized carbons (Fsp3) is 0.625. The number of nitrogens with two attached hydrogens (primary N) is 1. The van der Waals surface area contributed by atoms with Crippen molar-refractivity contribution in [2.75, 3.05) is 13.7 Å². The van der Waals surface area contributed by atoms with E-state index in [1.54, 1.807) is 7.11 Å². The van der Waals surface area contributed by atoms with Gasteiger partial charge in [-0.15, -0.1) is 0 Å². The summed E-state index contributed by atoms with van der Waals surface area (Å²) in [5.74, 6) is 1.03. The lowest BCUT2D eigenvalue weighted by atomic mass is 9.84. The molecule has 0 atom stereocenters. The highest BCUT2D eigenvalue weighted by atomic mass is 79.9. The van der Waals surface area contributed by atoms with Gasteiger partial charge < -0.3 is 10.5 Å². The number of rotatable bonds is 5. The number of benzene rings is 1. The number of ether oxygens (including phenoxy) is 1. The highest BCUT2D eigenvalue weighted by Crippen LogP contribution is 2.37. The van der Waals surface area contributed by atoms with Crippen LogP contribution < -0.4 is 10.5 Å². The standard InChI is InChI=1S/C16H26BrNO/c1-10-11(2)15(19-6)13(12(3)14(10)17)7-8-16(4,5)9-18/h7-9,18H2,1-6H3. The van der Waals surface area contributed by atoms with Crippen LogP contribution in [0.4, 0.5) is 0 Å². The maximum atomic E-state index is 5.82. The first kappa shape index (κ1) is 16.5. The Morgan fingerprint density at radius 2 is 1.68 bits per heavy atom. The van der Waals surface area contributed by atoms with E-state index < -0.39 is 0 Å². The van der Waals surface area contributed by atoms with E-state index in [9.17, 15) is 0 Å². The summed E-state index contributed by atoms with van der Waals surface area (Å²) in [6, 6.07) is 0. The SMILES string of the molecule is COc1c(C)c(C)c(Br)c(C)c1CCC(C)(C)CN. The van der Waals surface area contributed by atoms with Gasteiger partial charge in [-0.1, -0.05) is 29.8 Å². The molecule has 3 heteroatoms. The van der Waals surface area contributed by atoms with Crippen LogP contribution in [0, 0.1) is 26.2 Å². The Balaban J connectivity index is 3.20. The van der Waals surface area contributed by atoms with Crippen molar-refractivity contribution in [1.29, 1.82) is 0 Å². The van der Waals surface area contributed by atoms with E-state index in [1.165, 1.54) is 26.7 Å². The highest BCUT2D eigenvalue weighted by molar-refractivity contribution is 9.10. The highest BCUT2D eigenvalue weighted by Gasteiger charge is 2.20. The van der Waals surface area contributed by atoms with Gasteiger partial charge in [0.25, 0.3) is 0 Å². The summed E-state index contributed by atoms with van der Waals surface area (Å²) in [6.45, 7) is 11.5. The molecule has 0 radical (unpaired) electrons. The second kappa shape index (κ2) is 6.27. The van der Waals surface area contributed by atoms with Crippen LogP contribution in [0.2, 0.25) is 0 Å². The molecule has 0 unspecified atom stereocenters. The van der Waals surface area contributed by atoms with E-state index in [1.807, 2.05) is 0 Å². The molecule has 0 bridgehead atoms. The average Bonchev–Trinajstić information content (AvgIpc) is 2.39. The fourth-order valence-electron chi connectivity index (χ4n) is 2.29. The minimum Gasteiger partial charge on any atom is -0.496 e. The summed E-state index contributed by atoms with van der Waals surface area (Å²) in [5.41, 5.74) is 11.1. The zero-order valence-corrected chi connectivity index (χ0v) is 14.6. The molecule has 0 amide bonds. The van der Waals surface area contributed by atoms with E-state index in [0.717, 1.165) is 18.6 Å². The van der Waals surface area contributed by atoms with Crippen LogP contribution >= 0.6 is 15.9 Å². The molecule has 0 fully saturated rings. The van der Waals surface area contributed by atoms with Gasteiger partial charge in [-0.25, -0.2) is 0 Å². The van der Waals surface area contributed by atoms with Crippen LogP contribution in [0.3, 0.4) is 0 Å². The third-order valence-corrected chi connectivity index (χ3v) is 5.29. The lowest BCUT2D eigenvalue weighted by molar-refractivity contribution is 0.342. The zero-order valence-electron chi connectivity index (χ0n) is 13.0. The second-order valence-electron chi connectivity index (χ2n) is 6.07. The van der Waals surface area contributed by atoms with Crippen LogP contribution in [-0.4, -0.2) is 13.7 Å². The summed E-state index contributed by atoms with van der Waals surface area (Å²) >= 11 is 3.70. The average molecular weight is 328 g/mol. The van der Waals surface area contributed by atoms with Gasteiger partial charge in [-0.3, -0.25) is 0 Å². The normalized spacial score (nSPS) is 11.8. The maximum Gasteiger partial charge on any atom is 0.125 e. The Morgan fingerprint density at radius 1 is 1.11 bits per heavy atom. The smallest absolute Gasteiger partial charge is 0.125 e. The third-order valence-electron chi connectivity index (χ3n) is 4.10. The van der Waals surface area contributed by atoms with E-state index in [0.29, 0.717) is 6.54 Å². The van der Waals surface area contributed by atoms with Gasteiger partial charge >= 0.3 is 0 Å². The summed E-state index contributed by atoms with van der Waals surface area (Å²) in [6.07, 6.45) is 2.06. The molecule has 1 rings (SSSR count). The third kappa shape index (κ3) is 3.51.